The van der Waals surface area contributed by atoms with Gasteiger partial charge in [-0.2, -0.15) is 0 Å². The van der Waals surface area contributed by atoms with Crippen molar-refractivity contribution in [1.29, 1.82) is 0 Å². The van der Waals surface area contributed by atoms with Gasteiger partial charge in [0.1, 0.15) is 5.82 Å². The molecule has 0 aliphatic rings. The minimum absolute atomic E-state index is 0.0370. The fourth-order valence-electron chi connectivity index (χ4n) is 2.66. The van der Waals surface area contributed by atoms with Gasteiger partial charge in [0.05, 0.1) is 17.1 Å². The van der Waals surface area contributed by atoms with E-state index in [0.717, 1.165) is 24.0 Å². The van der Waals surface area contributed by atoms with Crippen molar-refractivity contribution >= 4 is 21.4 Å². The fraction of sp³-hybridized carbons (Fsp3) is 0.381. The van der Waals surface area contributed by atoms with Crippen molar-refractivity contribution in [2.75, 3.05) is 18.1 Å². The molecule has 7 heteroatoms. The van der Waals surface area contributed by atoms with Crippen LogP contribution >= 0.6 is 0 Å². The number of amides is 1. The van der Waals surface area contributed by atoms with Crippen molar-refractivity contribution in [1.82, 2.24) is 5.32 Å². The summed E-state index contributed by atoms with van der Waals surface area (Å²) in [7, 11) is -3.49. The van der Waals surface area contributed by atoms with E-state index in [0.29, 0.717) is 0 Å². The molecule has 152 valence electrons. The van der Waals surface area contributed by atoms with E-state index in [9.17, 15) is 17.6 Å². The van der Waals surface area contributed by atoms with E-state index in [1.54, 1.807) is 0 Å². The number of nitrogens with one attached hydrogen (secondary N) is 2. The Hall–Kier alpha value is -2.25. The van der Waals surface area contributed by atoms with Gasteiger partial charge in [-0.15, -0.1) is 0 Å². The zero-order valence-corrected chi connectivity index (χ0v) is 17.7. The monoisotopic (exact) mass is 406 g/mol. The standard InChI is InChI=1S/C21H27FN2O3S/c1-14(15-6-8-16(9-7-15)21(2,3)4)23-13-20(25)24-19-12-17(28(5,26)27)10-11-18(19)22/h6-12,14,23H,13H2,1-5H3,(H,24,25). The summed E-state index contributed by atoms with van der Waals surface area (Å²) in [5.74, 6) is -1.14. The van der Waals surface area contributed by atoms with E-state index in [1.807, 2.05) is 19.1 Å². The number of halogens is 1. The van der Waals surface area contributed by atoms with Crippen LogP contribution in [0, 0.1) is 5.82 Å². The summed E-state index contributed by atoms with van der Waals surface area (Å²) in [5, 5.41) is 5.51. The number of anilines is 1. The molecule has 2 aromatic carbocycles. The molecule has 5 nitrogen and oxygen atoms in total. The molecule has 2 rings (SSSR count). The maximum atomic E-state index is 13.9. The zero-order chi connectivity index (χ0) is 21.1. The highest BCUT2D eigenvalue weighted by Gasteiger charge is 2.16. The molecular weight excluding hydrogens is 379 g/mol. The molecule has 1 atom stereocenters. The van der Waals surface area contributed by atoms with Crippen molar-refractivity contribution in [2.45, 2.75) is 44.0 Å². The van der Waals surface area contributed by atoms with Gasteiger partial charge in [0.2, 0.25) is 5.91 Å². The number of hydrogen-bond donors (Lipinski definition) is 2. The van der Waals surface area contributed by atoms with Crippen molar-refractivity contribution in [2.24, 2.45) is 0 Å². The van der Waals surface area contributed by atoms with Gasteiger partial charge in [-0.1, -0.05) is 45.0 Å². The van der Waals surface area contributed by atoms with Gasteiger partial charge in [0.15, 0.2) is 9.84 Å². The molecule has 0 saturated heterocycles. The Kier molecular flexibility index (Phi) is 6.62. The van der Waals surface area contributed by atoms with E-state index in [4.69, 9.17) is 0 Å². The summed E-state index contributed by atoms with van der Waals surface area (Å²) >= 11 is 0. The Morgan fingerprint density at radius 1 is 1.11 bits per heavy atom. The minimum Gasteiger partial charge on any atom is -0.322 e. The van der Waals surface area contributed by atoms with Crippen LogP contribution in [0.1, 0.15) is 44.9 Å². The molecule has 0 fully saturated rings. The van der Waals surface area contributed by atoms with Gasteiger partial charge >= 0.3 is 0 Å². The van der Waals surface area contributed by atoms with Crippen molar-refractivity contribution in [3.63, 3.8) is 0 Å². The first-order chi connectivity index (χ1) is 12.9. The number of hydrogen-bond acceptors (Lipinski definition) is 4. The first-order valence-electron chi connectivity index (χ1n) is 9.01. The van der Waals surface area contributed by atoms with Gasteiger partial charge < -0.3 is 10.6 Å². The highest BCUT2D eigenvalue weighted by atomic mass is 32.2. The number of rotatable bonds is 6. The molecule has 0 aliphatic heterocycles. The second-order valence-electron chi connectivity index (χ2n) is 7.94. The van der Waals surface area contributed by atoms with Crippen LogP contribution in [0.3, 0.4) is 0 Å². The van der Waals surface area contributed by atoms with Crippen LogP contribution in [0.2, 0.25) is 0 Å². The van der Waals surface area contributed by atoms with Crippen LogP contribution in [0.5, 0.6) is 0 Å². The largest absolute Gasteiger partial charge is 0.322 e. The van der Waals surface area contributed by atoms with E-state index < -0.39 is 21.6 Å². The maximum Gasteiger partial charge on any atom is 0.238 e. The third-order valence-corrected chi connectivity index (χ3v) is 5.60. The number of carbonyl (C=O) groups is 1. The van der Waals surface area contributed by atoms with Gasteiger partial charge in [0.25, 0.3) is 0 Å². The highest BCUT2D eigenvalue weighted by molar-refractivity contribution is 7.90. The Labute approximate surface area is 166 Å². The summed E-state index contributed by atoms with van der Waals surface area (Å²) in [4.78, 5) is 12.1. The second kappa shape index (κ2) is 8.41. The second-order valence-corrected chi connectivity index (χ2v) is 9.95. The summed E-state index contributed by atoms with van der Waals surface area (Å²) in [6, 6.07) is 11.4. The summed E-state index contributed by atoms with van der Waals surface area (Å²) < 4.78 is 37.1. The normalized spacial score (nSPS) is 13.2. The lowest BCUT2D eigenvalue weighted by atomic mass is 9.86. The maximum absolute atomic E-state index is 13.9. The smallest absolute Gasteiger partial charge is 0.238 e. The van der Waals surface area contributed by atoms with Crippen LogP contribution in [0.25, 0.3) is 0 Å². The quantitative estimate of drug-likeness (QED) is 0.715. The van der Waals surface area contributed by atoms with Gasteiger partial charge in [-0.3, -0.25) is 4.79 Å². The summed E-state index contributed by atoms with van der Waals surface area (Å²) in [5.41, 5.74) is 2.17. The van der Waals surface area contributed by atoms with Crippen LogP contribution in [0.4, 0.5) is 10.1 Å². The third kappa shape index (κ3) is 5.87. The van der Waals surface area contributed by atoms with E-state index in [-0.39, 0.29) is 28.6 Å². The van der Waals surface area contributed by atoms with Gasteiger partial charge in [-0.05, 0) is 41.7 Å². The Morgan fingerprint density at radius 3 is 2.25 bits per heavy atom. The average Bonchev–Trinajstić information content (AvgIpc) is 2.60. The molecule has 28 heavy (non-hydrogen) atoms. The zero-order valence-electron chi connectivity index (χ0n) is 16.8. The summed E-state index contributed by atoms with van der Waals surface area (Å²) in [6.45, 7) is 8.33. The van der Waals surface area contributed by atoms with Crippen LogP contribution < -0.4 is 10.6 Å². The molecule has 1 unspecified atom stereocenters. The van der Waals surface area contributed by atoms with E-state index in [1.165, 1.54) is 11.6 Å². The van der Waals surface area contributed by atoms with Crippen molar-refractivity contribution in [3.8, 4) is 0 Å². The topological polar surface area (TPSA) is 75.3 Å². The molecule has 2 aromatic rings. The van der Waals surface area contributed by atoms with Gasteiger partial charge in [0, 0.05) is 12.3 Å². The molecule has 0 saturated carbocycles. The average molecular weight is 407 g/mol. The lowest BCUT2D eigenvalue weighted by Crippen LogP contribution is -2.30. The third-order valence-electron chi connectivity index (χ3n) is 4.49. The first kappa shape index (κ1) is 22.0. The molecule has 0 aliphatic carbocycles. The number of sulfone groups is 1. The van der Waals surface area contributed by atoms with Gasteiger partial charge in [-0.25, -0.2) is 12.8 Å². The minimum atomic E-state index is -3.49. The molecule has 0 bridgehead atoms. The van der Waals surface area contributed by atoms with Crippen LogP contribution in [0.15, 0.2) is 47.4 Å². The van der Waals surface area contributed by atoms with E-state index in [2.05, 4.69) is 43.5 Å². The Bertz CT molecular complexity index is 949. The lowest BCUT2D eigenvalue weighted by Gasteiger charge is -2.20. The van der Waals surface area contributed by atoms with Crippen LogP contribution in [-0.4, -0.2) is 27.1 Å². The molecular formula is C21H27FN2O3S. The molecule has 0 aromatic heterocycles. The first-order valence-corrected chi connectivity index (χ1v) is 10.9. The van der Waals surface area contributed by atoms with E-state index >= 15 is 0 Å². The molecule has 1 amide bonds. The number of benzene rings is 2. The highest BCUT2D eigenvalue weighted by Crippen LogP contribution is 2.24. The molecule has 2 N–H and O–H groups in total. The molecule has 0 spiro atoms. The predicted molar refractivity (Wildman–Crippen MR) is 110 cm³/mol. The predicted octanol–water partition coefficient (Wildman–Crippen LogP) is 3.82. The summed E-state index contributed by atoms with van der Waals surface area (Å²) in [6.07, 6.45) is 1.03. The van der Waals surface area contributed by atoms with Crippen molar-refractivity contribution < 1.29 is 17.6 Å². The Balaban J connectivity index is 1.99. The van der Waals surface area contributed by atoms with Crippen molar-refractivity contribution in [3.05, 3.63) is 59.4 Å². The Morgan fingerprint density at radius 2 is 1.71 bits per heavy atom. The number of carbonyl (C=O) groups excluding carboxylic acids is 1. The van der Waals surface area contributed by atoms with Crippen LogP contribution in [-0.2, 0) is 20.0 Å². The molecule has 0 heterocycles. The molecule has 0 radical (unpaired) electrons. The lowest BCUT2D eigenvalue weighted by molar-refractivity contribution is -0.115. The fourth-order valence-corrected chi connectivity index (χ4v) is 3.31. The SMILES string of the molecule is CC(NCC(=O)Nc1cc(S(C)(=O)=O)ccc1F)c1ccc(C(C)(C)C)cc1.